The number of phenolic OH excluding ortho intramolecular Hbond substituents is 1. The molecule has 2 rings (SSSR count). The number of guanidine groups is 1. The third kappa shape index (κ3) is 7.31. The summed E-state index contributed by atoms with van der Waals surface area (Å²) in [4.78, 5) is 25.2. The highest BCUT2D eigenvalue weighted by molar-refractivity contribution is 5.95. The fourth-order valence-corrected chi connectivity index (χ4v) is 3.87. The molecule has 5 unspecified atom stereocenters. The van der Waals surface area contributed by atoms with Gasteiger partial charge in [-0.25, -0.2) is 4.79 Å². The number of aliphatic hydroxyl groups is 2. The molecule has 5 atom stereocenters. The number of carbonyl (C=O) groups is 2. The Morgan fingerprint density at radius 1 is 1.33 bits per heavy atom. The van der Waals surface area contributed by atoms with Gasteiger partial charge in [0.2, 0.25) is 0 Å². The van der Waals surface area contributed by atoms with Gasteiger partial charge in [-0.1, -0.05) is 26.0 Å². The van der Waals surface area contributed by atoms with Gasteiger partial charge in [0.1, 0.15) is 23.5 Å². The van der Waals surface area contributed by atoms with Gasteiger partial charge in [-0.2, -0.15) is 0 Å². The van der Waals surface area contributed by atoms with Crippen LogP contribution in [0.15, 0.2) is 18.2 Å². The summed E-state index contributed by atoms with van der Waals surface area (Å²) in [5, 5.41) is 43.1. The zero-order chi connectivity index (χ0) is 24.7. The Morgan fingerprint density at radius 3 is 2.67 bits per heavy atom. The number of amides is 1. The van der Waals surface area contributed by atoms with E-state index in [4.69, 9.17) is 21.6 Å². The first-order valence-electron chi connectivity index (χ1n) is 11.0. The van der Waals surface area contributed by atoms with E-state index in [2.05, 4.69) is 10.6 Å². The summed E-state index contributed by atoms with van der Waals surface area (Å²) < 4.78 is 5.51. The van der Waals surface area contributed by atoms with Crippen LogP contribution in [0.2, 0.25) is 0 Å². The minimum absolute atomic E-state index is 0.115. The number of ether oxygens (including phenoxy) is 1. The van der Waals surface area contributed by atoms with Crippen molar-refractivity contribution in [1.29, 1.82) is 5.41 Å². The first-order chi connectivity index (χ1) is 15.5. The number of hydrogen-bond acceptors (Lipinski definition) is 8. The van der Waals surface area contributed by atoms with E-state index in [0.717, 1.165) is 0 Å². The summed E-state index contributed by atoms with van der Waals surface area (Å²) in [6, 6.07) is 3.27. The van der Waals surface area contributed by atoms with Gasteiger partial charge in [0.15, 0.2) is 12.1 Å². The van der Waals surface area contributed by atoms with Crippen molar-refractivity contribution in [2.45, 2.75) is 69.9 Å². The fourth-order valence-electron chi connectivity index (χ4n) is 3.87. The predicted octanol–water partition coefficient (Wildman–Crippen LogP) is -0.683. The van der Waals surface area contributed by atoms with Crippen LogP contribution in [0.4, 0.5) is 0 Å². The van der Waals surface area contributed by atoms with Crippen LogP contribution in [-0.4, -0.2) is 70.1 Å². The van der Waals surface area contributed by atoms with Crippen molar-refractivity contribution < 1.29 is 29.6 Å². The highest BCUT2D eigenvalue weighted by Crippen LogP contribution is 2.30. The van der Waals surface area contributed by atoms with E-state index in [-0.39, 0.29) is 29.6 Å². The minimum atomic E-state index is -1.77. The van der Waals surface area contributed by atoms with Gasteiger partial charge in [0, 0.05) is 19.0 Å². The summed E-state index contributed by atoms with van der Waals surface area (Å²) >= 11 is 0. The Morgan fingerprint density at radius 2 is 2.03 bits per heavy atom. The van der Waals surface area contributed by atoms with Crippen molar-refractivity contribution in [2.24, 2.45) is 17.4 Å². The lowest BCUT2D eigenvalue weighted by atomic mass is 9.90. The second-order valence-electron chi connectivity index (χ2n) is 8.79. The van der Waals surface area contributed by atoms with Crippen LogP contribution in [-0.2, 0) is 16.0 Å². The molecule has 0 saturated heterocycles. The summed E-state index contributed by atoms with van der Waals surface area (Å²) in [7, 11) is 0. The summed E-state index contributed by atoms with van der Waals surface area (Å²) in [5.74, 6) is -1.70. The largest absolute Gasteiger partial charge is 0.507 e. The van der Waals surface area contributed by atoms with E-state index < -0.39 is 42.3 Å². The molecule has 0 aliphatic carbocycles. The number of aliphatic hydroxyl groups excluding tert-OH is 2. The molecule has 11 nitrogen and oxygen atoms in total. The van der Waals surface area contributed by atoms with Gasteiger partial charge < -0.3 is 42.2 Å². The van der Waals surface area contributed by atoms with Crippen molar-refractivity contribution in [2.75, 3.05) is 6.54 Å². The maximum atomic E-state index is 12.7. The number of esters is 1. The van der Waals surface area contributed by atoms with E-state index in [9.17, 15) is 24.9 Å². The molecular formula is C22H35N5O6. The molecule has 11 heteroatoms. The maximum Gasteiger partial charge on any atom is 0.342 e. The number of rotatable bonds is 11. The molecular weight excluding hydrogens is 430 g/mol. The molecule has 10 N–H and O–H groups in total. The van der Waals surface area contributed by atoms with Crippen LogP contribution < -0.4 is 22.1 Å². The number of benzene rings is 1. The van der Waals surface area contributed by atoms with Gasteiger partial charge in [0.05, 0.1) is 6.04 Å². The molecule has 184 valence electrons. The number of hydrogen-bond donors (Lipinski definition) is 8. The second-order valence-corrected chi connectivity index (χ2v) is 8.79. The molecule has 1 aromatic carbocycles. The van der Waals surface area contributed by atoms with E-state index in [1.54, 1.807) is 12.1 Å². The average Bonchev–Trinajstić information content (AvgIpc) is 2.74. The summed E-state index contributed by atoms with van der Waals surface area (Å²) in [6.45, 7) is 4.26. The average molecular weight is 466 g/mol. The first-order valence-corrected chi connectivity index (χ1v) is 11.0. The van der Waals surface area contributed by atoms with Crippen molar-refractivity contribution in [3.63, 3.8) is 0 Å². The number of fused-ring (bicyclic) bond motifs is 1. The fraction of sp³-hybridized carbons (Fsp3) is 0.591. The maximum absolute atomic E-state index is 12.7. The lowest BCUT2D eigenvalue weighted by molar-refractivity contribution is -0.138. The van der Waals surface area contributed by atoms with Gasteiger partial charge in [-0.15, -0.1) is 0 Å². The third-order valence-corrected chi connectivity index (χ3v) is 5.57. The Hall–Kier alpha value is -2.89. The Labute approximate surface area is 193 Å². The molecule has 0 bridgehead atoms. The molecule has 0 fully saturated rings. The highest BCUT2D eigenvalue weighted by atomic mass is 16.5. The summed E-state index contributed by atoms with van der Waals surface area (Å²) in [6.07, 6.45) is -2.46. The summed E-state index contributed by atoms with van der Waals surface area (Å²) in [5.41, 5.74) is 11.8. The number of nitrogens with one attached hydrogen (secondary N) is 3. The molecule has 1 aliphatic heterocycles. The zero-order valence-corrected chi connectivity index (χ0v) is 19.0. The van der Waals surface area contributed by atoms with Crippen LogP contribution in [0, 0.1) is 11.3 Å². The second kappa shape index (κ2) is 11.8. The molecule has 1 aromatic rings. The van der Waals surface area contributed by atoms with Crippen molar-refractivity contribution in [1.82, 2.24) is 10.6 Å². The van der Waals surface area contributed by atoms with Gasteiger partial charge in [0.25, 0.3) is 5.91 Å². The van der Waals surface area contributed by atoms with E-state index in [1.807, 2.05) is 13.8 Å². The molecule has 33 heavy (non-hydrogen) atoms. The number of nitrogens with two attached hydrogens (primary N) is 2. The van der Waals surface area contributed by atoms with Crippen molar-refractivity contribution in [3.8, 4) is 5.75 Å². The molecule has 1 heterocycles. The Kier molecular flexibility index (Phi) is 9.44. The van der Waals surface area contributed by atoms with E-state index >= 15 is 0 Å². The number of phenols is 1. The first kappa shape index (κ1) is 26.4. The van der Waals surface area contributed by atoms with Crippen LogP contribution in [0.1, 0.15) is 49.0 Å². The zero-order valence-electron chi connectivity index (χ0n) is 19.0. The SMILES string of the molecule is CC(C)CC(NC(=O)C(O)C(O)C(N)CCCNC(=N)N)C1Cc2cccc(O)c2C(=O)O1. The smallest absolute Gasteiger partial charge is 0.342 e. The van der Waals surface area contributed by atoms with Gasteiger partial charge >= 0.3 is 5.97 Å². The molecule has 0 radical (unpaired) electrons. The van der Waals surface area contributed by atoms with Crippen molar-refractivity contribution in [3.05, 3.63) is 29.3 Å². The molecule has 0 spiro atoms. The quantitative estimate of drug-likeness (QED) is 0.0900. The normalized spacial score (nSPS) is 19.1. The number of cyclic esters (lactones) is 1. The van der Waals surface area contributed by atoms with Crippen LogP contribution >= 0.6 is 0 Å². The van der Waals surface area contributed by atoms with Gasteiger partial charge in [-0.05, 0) is 36.8 Å². The van der Waals surface area contributed by atoms with E-state index in [0.29, 0.717) is 31.4 Å². The molecule has 0 aromatic heterocycles. The Balaban J connectivity index is 2.03. The molecule has 1 amide bonds. The molecule has 1 aliphatic rings. The van der Waals surface area contributed by atoms with Crippen LogP contribution in [0.3, 0.4) is 0 Å². The minimum Gasteiger partial charge on any atom is -0.507 e. The van der Waals surface area contributed by atoms with Crippen molar-refractivity contribution >= 4 is 17.8 Å². The lowest BCUT2D eigenvalue weighted by Crippen LogP contribution is -2.55. The van der Waals surface area contributed by atoms with Gasteiger partial charge in [-0.3, -0.25) is 10.2 Å². The third-order valence-electron chi connectivity index (χ3n) is 5.57. The van der Waals surface area contributed by atoms with E-state index in [1.165, 1.54) is 6.07 Å². The highest BCUT2D eigenvalue weighted by Gasteiger charge is 2.37. The Bertz CT molecular complexity index is 849. The predicted molar refractivity (Wildman–Crippen MR) is 122 cm³/mol. The number of carbonyl (C=O) groups excluding carboxylic acids is 2. The number of aromatic hydroxyl groups is 1. The van der Waals surface area contributed by atoms with Crippen LogP contribution in [0.5, 0.6) is 5.75 Å². The lowest BCUT2D eigenvalue weighted by Gasteiger charge is -2.34. The molecule has 0 saturated carbocycles. The topological polar surface area (TPSA) is 204 Å². The standard InChI is InChI=1S/C22H35N5O6/c1-11(2)9-14(16-10-12-5-3-7-15(28)17(12)21(32)33-16)27-20(31)19(30)18(29)13(23)6-4-8-26-22(24)25/h3,5,7,11,13-14,16,18-19,28-30H,4,6,8-10,23H2,1-2H3,(H,27,31)(H4,24,25,26). The van der Waals surface area contributed by atoms with Crippen LogP contribution in [0.25, 0.3) is 0 Å². The monoisotopic (exact) mass is 465 g/mol.